The van der Waals surface area contributed by atoms with Crippen molar-refractivity contribution in [3.05, 3.63) is 24.2 Å². The van der Waals surface area contributed by atoms with Crippen LogP contribution in [0.15, 0.2) is 23.0 Å². The molecule has 1 fully saturated rings. The summed E-state index contributed by atoms with van der Waals surface area (Å²) in [5, 5.41) is 3.59. The summed E-state index contributed by atoms with van der Waals surface area (Å²) in [6.45, 7) is 10.5. The van der Waals surface area contributed by atoms with Crippen molar-refractivity contribution in [3.8, 4) is 0 Å². The molecular weight excluding hydrogens is 240 g/mol. The van der Waals surface area contributed by atoms with Crippen molar-refractivity contribution in [1.29, 1.82) is 0 Å². The lowest BCUT2D eigenvalue weighted by Gasteiger charge is -2.39. The number of hydrogen-bond acceptors (Lipinski definition) is 4. The van der Waals surface area contributed by atoms with E-state index < -0.39 is 0 Å². The van der Waals surface area contributed by atoms with Crippen LogP contribution in [0.2, 0.25) is 0 Å². The summed E-state index contributed by atoms with van der Waals surface area (Å²) in [4.78, 5) is 2.48. The highest BCUT2D eigenvalue weighted by molar-refractivity contribution is 5.14. The van der Waals surface area contributed by atoms with Crippen LogP contribution in [0, 0.1) is 0 Å². The Morgan fingerprint density at radius 1 is 1.47 bits per heavy atom. The third-order valence-corrected chi connectivity index (χ3v) is 3.74. The Labute approximate surface area is 116 Å². The fourth-order valence-electron chi connectivity index (χ4n) is 2.58. The van der Waals surface area contributed by atoms with Crippen LogP contribution in [-0.2, 0) is 4.74 Å². The first-order chi connectivity index (χ1) is 9.22. The Hall–Kier alpha value is -0.840. The molecule has 0 bridgehead atoms. The van der Waals surface area contributed by atoms with Gasteiger partial charge in [-0.3, -0.25) is 4.90 Å². The standard InChI is InChI=1S/C15H26N2O2/c1-4-6-16-15(13-5-8-18-11-13)14-10-17(12(2)3)7-9-19-14/h5,8,11-12,14-16H,4,6-7,9-10H2,1-3H3. The molecule has 2 atom stereocenters. The number of nitrogens with zero attached hydrogens (tertiary/aromatic N) is 1. The number of rotatable bonds is 6. The summed E-state index contributed by atoms with van der Waals surface area (Å²) in [6, 6.07) is 2.83. The second-order valence-electron chi connectivity index (χ2n) is 5.49. The van der Waals surface area contributed by atoms with E-state index in [1.807, 2.05) is 12.3 Å². The van der Waals surface area contributed by atoms with Crippen molar-refractivity contribution in [2.24, 2.45) is 0 Å². The molecule has 1 N–H and O–H groups in total. The van der Waals surface area contributed by atoms with Gasteiger partial charge in [-0.1, -0.05) is 6.92 Å². The summed E-state index contributed by atoms with van der Waals surface area (Å²) in [5.41, 5.74) is 1.18. The third kappa shape index (κ3) is 3.81. The van der Waals surface area contributed by atoms with Crippen LogP contribution in [0.25, 0.3) is 0 Å². The van der Waals surface area contributed by atoms with Crippen molar-refractivity contribution in [2.45, 2.75) is 45.4 Å². The lowest BCUT2D eigenvalue weighted by atomic mass is 10.0. The molecule has 1 aliphatic heterocycles. The lowest BCUT2D eigenvalue weighted by molar-refractivity contribution is -0.0561. The summed E-state index contributed by atoms with van der Waals surface area (Å²) in [6.07, 6.45) is 4.87. The Kier molecular flexibility index (Phi) is 5.43. The predicted octanol–water partition coefficient (Wildman–Crippen LogP) is 2.43. The highest BCUT2D eigenvalue weighted by Crippen LogP contribution is 2.23. The highest BCUT2D eigenvalue weighted by atomic mass is 16.5. The first-order valence-electron chi connectivity index (χ1n) is 7.33. The molecule has 1 aromatic heterocycles. The Morgan fingerprint density at radius 2 is 2.32 bits per heavy atom. The molecule has 2 unspecified atom stereocenters. The molecule has 0 amide bonds. The molecule has 108 valence electrons. The van der Waals surface area contributed by atoms with Gasteiger partial charge in [0.2, 0.25) is 0 Å². The molecule has 0 aromatic carbocycles. The minimum atomic E-state index is 0.195. The molecule has 0 radical (unpaired) electrons. The van der Waals surface area contributed by atoms with Gasteiger partial charge in [0.1, 0.15) is 0 Å². The Morgan fingerprint density at radius 3 is 2.95 bits per heavy atom. The molecule has 0 saturated carbocycles. The summed E-state index contributed by atoms with van der Waals surface area (Å²) >= 11 is 0. The van der Waals surface area contributed by atoms with E-state index >= 15 is 0 Å². The predicted molar refractivity (Wildman–Crippen MR) is 76.2 cm³/mol. The third-order valence-electron chi connectivity index (χ3n) is 3.74. The van der Waals surface area contributed by atoms with E-state index in [1.54, 1.807) is 6.26 Å². The van der Waals surface area contributed by atoms with E-state index in [0.717, 1.165) is 32.7 Å². The van der Waals surface area contributed by atoms with Gasteiger partial charge in [0.25, 0.3) is 0 Å². The van der Waals surface area contributed by atoms with Crippen LogP contribution in [0.3, 0.4) is 0 Å². The van der Waals surface area contributed by atoms with Gasteiger partial charge in [-0.05, 0) is 32.9 Å². The maximum absolute atomic E-state index is 6.00. The van der Waals surface area contributed by atoms with Gasteiger partial charge in [-0.2, -0.15) is 0 Å². The molecule has 4 heteroatoms. The maximum Gasteiger partial charge on any atom is 0.0951 e. The van der Waals surface area contributed by atoms with Gasteiger partial charge in [0.05, 0.1) is 31.3 Å². The molecular formula is C15H26N2O2. The second-order valence-corrected chi connectivity index (χ2v) is 5.49. The van der Waals surface area contributed by atoms with E-state index in [1.165, 1.54) is 5.56 Å². The van der Waals surface area contributed by atoms with E-state index in [-0.39, 0.29) is 12.1 Å². The van der Waals surface area contributed by atoms with Crippen molar-refractivity contribution >= 4 is 0 Å². The largest absolute Gasteiger partial charge is 0.472 e. The minimum Gasteiger partial charge on any atom is -0.472 e. The van der Waals surface area contributed by atoms with Gasteiger partial charge >= 0.3 is 0 Å². The van der Waals surface area contributed by atoms with E-state index in [4.69, 9.17) is 9.15 Å². The van der Waals surface area contributed by atoms with Gasteiger partial charge in [-0.15, -0.1) is 0 Å². The number of nitrogens with one attached hydrogen (secondary N) is 1. The summed E-state index contributed by atoms with van der Waals surface area (Å²) in [7, 11) is 0. The van der Waals surface area contributed by atoms with Crippen LogP contribution >= 0.6 is 0 Å². The summed E-state index contributed by atoms with van der Waals surface area (Å²) in [5.74, 6) is 0. The first-order valence-corrected chi connectivity index (χ1v) is 7.33. The fraction of sp³-hybridized carbons (Fsp3) is 0.733. The van der Waals surface area contributed by atoms with E-state index in [0.29, 0.717) is 6.04 Å². The average Bonchev–Trinajstić information content (AvgIpc) is 2.93. The number of furan rings is 1. The zero-order valence-corrected chi connectivity index (χ0v) is 12.3. The van der Waals surface area contributed by atoms with Crippen molar-refractivity contribution < 1.29 is 9.15 Å². The molecule has 1 aromatic rings. The van der Waals surface area contributed by atoms with Crippen LogP contribution in [-0.4, -0.2) is 43.3 Å². The summed E-state index contributed by atoms with van der Waals surface area (Å²) < 4.78 is 11.2. The van der Waals surface area contributed by atoms with Crippen molar-refractivity contribution in [3.63, 3.8) is 0 Å². The zero-order chi connectivity index (χ0) is 13.7. The maximum atomic E-state index is 6.00. The van der Waals surface area contributed by atoms with Crippen LogP contribution < -0.4 is 5.32 Å². The minimum absolute atomic E-state index is 0.195. The Balaban J connectivity index is 2.05. The van der Waals surface area contributed by atoms with E-state index in [9.17, 15) is 0 Å². The smallest absolute Gasteiger partial charge is 0.0951 e. The molecule has 2 rings (SSSR count). The molecule has 2 heterocycles. The van der Waals surface area contributed by atoms with Gasteiger partial charge in [-0.25, -0.2) is 0 Å². The second kappa shape index (κ2) is 7.08. The molecule has 0 aliphatic carbocycles. The van der Waals surface area contributed by atoms with Crippen LogP contribution in [0.5, 0.6) is 0 Å². The Bertz CT molecular complexity index is 351. The normalized spacial score (nSPS) is 22.8. The topological polar surface area (TPSA) is 37.6 Å². The van der Waals surface area contributed by atoms with Gasteiger partial charge < -0.3 is 14.5 Å². The first kappa shape index (κ1) is 14.6. The fourth-order valence-corrected chi connectivity index (χ4v) is 2.58. The van der Waals surface area contributed by atoms with Gasteiger partial charge in [0.15, 0.2) is 0 Å². The van der Waals surface area contributed by atoms with E-state index in [2.05, 4.69) is 31.0 Å². The van der Waals surface area contributed by atoms with Crippen LogP contribution in [0.1, 0.15) is 38.8 Å². The average molecular weight is 266 g/mol. The number of hydrogen-bond donors (Lipinski definition) is 1. The number of morpholine rings is 1. The molecule has 1 aliphatic rings. The van der Waals surface area contributed by atoms with Crippen LogP contribution in [0.4, 0.5) is 0 Å². The molecule has 19 heavy (non-hydrogen) atoms. The SMILES string of the molecule is CCCNC(c1ccoc1)C1CN(C(C)C)CCO1. The highest BCUT2D eigenvalue weighted by Gasteiger charge is 2.30. The van der Waals surface area contributed by atoms with Crippen molar-refractivity contribution in [2.75, 3.05) is 26.2 Å². The molecule has 1 saturated heterocycles. The zero-order valence-electron chi connectivity index (χ0n) is 12.3. The molecule has 0 spiro atoms. The quantitative estimate of drug-likeness (QED) is 0.858. The monoisotopic (exact) mass is 266 g/mol. The van der Waals surface area contributed by atoms with Crippen molar-refractivity contribution in [1.82, 2.24) is 10.2 Å². The van der Waals surface area contributed by atoms with Gasteiger partial charge in [0, 0.05) is 24.7 Å². The molecule has 4 nitrogen and oxygen atoms in total. The lowest BCUT2D eigenvalue weighted by Crippen LogP contribution is -2.50. The number of ether oxygens (including phenoxy) is 1.